The standard InChI is InChI=1S/C8H14N2S2/c1-5(2)10-12-8-9-6(3)7(4)11-8/h5,10H,1-4H3. The minimum atomic E-state index is 0.500. The molecule has 0 atom stereocenters. The van der Waals surface area contributed by atoms with Gasteiger partial charge in [0.05, 0.1) is 5.69 Å². The molecule has 0 radical (unpaired) electrons. The Hall–Kier alpha value is -0.0600. The van der Waals surface area contributed by atoms with Gasteiger partial charge in [-0.05, 0) is 39.6 Å². The molecular weight excluding hydrogens is 188 g/mol. The second-order valence-corrected chi connectivity index (χ2v) is 5.28. The fourth-order valence-corrected chi connectivity index (χ4v) is 2.50. The van der Waals surface area contributed by atoms with Gasteiger partial charge in [-0.15, -0.1) is 11.3 Å². The molecule has 0 aliphatic carbocycles. The van der Waals surface area contributed by atoms with Crippen molar-refractivity contribution in [3.05, 3.63) is 10.6 Å². The number of nitrogens with zero attached hydrogens (tertiary/aromatic N) is 1. The number of thiazole rings is 1. The van der Waals surface area contributed by atoms with E-state index in [0.717, 1.165) is 10.0 Å². The Balaban J connectivity index is 2.53. The van der Waals surface area contributed by atoms with E-state index in [2.05, 4.69) is 30.5 Å². The van der Waals surface area contributed by atoms with Gasteiger partial charge in [0.2, 0.25) is 0 Å². The molecule has 4 heteroatoms. The summed E-state index contributed by atoms with van der Waals surface area (Å²) in [5, 5.41) is 0. The number of hydrogen-bond donors (Lipinski definition) is 1. The number of rotatable bonds is 3. The lowest BCUT2D eigenvalue weighted by atomic mass is 10.4. The number of aryl methyl sites for hydroxylation is 2. The lowest BCUT2D eigenvalue weighted by molar-refractivity contribution is 0.770. The normalized spacial score (nSPS) is 11.1. The first-order valence-corrected chi connectivity index (χ1v) is 5.59. The lowest BCUT2D eigenvalue weighted by Gasteiger charge is -2.02. The van der Waals surface area contributed by atoms with Gasteiger partial charge in [0.1, 0.15) is 0 Å². The van der Waals surface area contributed by atoms with Crippen LogP contribution in [0.3, 0.4) is 0 Å². The van der Waals surface area contributed by atoms with Crippen molar-refractivity contribution in [2.24, 2.45) is 0 Å². The van der Waals surface area contributed by atoms with Crippen LogP contribution in [0.2, 0.25) is 0 Å². The van der Waals surface area contributed by atoms with Gasteiger partial charge in [-0.3, -0.25) is 4.72 Å². The predicted octanol–water partition coefficient (Wildman–Crippen LogP) is 2.77. The molecule has 1 aromatic rings. The molecule has 0 unspecified atom stereocenters. The maximum atomic E-state index is 4.40. The van der Waals surface area contributed by atoms with E-state index in [4.69, 9.17) is 0 Å². The molecule has 1 rings (SSSR count). The highest BCUT2D eigenvalue weighted by Gasteiger charge is 2.03. The third-order valence-electron chi connectivity index (χ3n) is 1.39. The first-order valence-electron chi connectivity index (χ1n) is 3.96. The van der Waals surface area contributed by atoms with Gasteiger partial charge in [0, 0.05) is 10.9 Å². The van der Waals surface area contributed by atoms with Crippen molar-refractivity contribution in [3.63, 3.8) is 0 Å². The van der Waals surface area contributed by atoms with Crippen LogP contribution in [0.5, 0.6) is 0 Å². The molecule has 0 aromatic carbocycles. The SMILES string of the molecule is Cc1nc(SNC(C)C)sc1C. The molecule has 0 bridgehead atoms. The molecule has 0 saturated carbocycles. The predicted molar refractivity (Wildman–Crippen MR) is 55.7 cm³/mol. The van der Waals surface area contributed by atoms with Gasteiger partial charge < -0.3 is 0 Å². The minimum Gasteiger partial charge on any atom is -0.255 e. The number of hydrogen-bond acceptors (Lipinski definition) is 4. The summed E-state index contributed by atoms with van der Waals surface area (Å²) in [5.74, 6) is 0. The summed E-state index contributed by atoms with van der Waals surface area (Å²) in [6, 6.07) is 0.500. The summed E-state index contributed by atoms with van der Waals surface area (Å²) in [6.07, 6.45) is 0. The zero-order valence-corrected chi connectivity index (χ0v) is 9.47. The fourth-order valence-electron chi connectivity index (χ4n) is 0.655. The highest BCUT2D eigenvalue weighted by Crippen LogP contribution is 2.24. The molecule has 0 spiro atoms. The first-order chi connectivity index (χ1) is 5.59. The van der Waals surface area contributed by atoms with E-state index in [1.54, 1.807) is 23.3 Å². The van der Waals surface area contributed by atoms with E-state index in [0.29, 0.717) is 6.04 Å². The van der Waals surface area contributed by atoms with Crippen LogP contribution in [0.1, 0.15) is 24.4 Å². The summed E-state index contributed by atoms with van der Waals surface area (Å²) < 4.78 is 4.38. The average Bonchev–Trinajstić information content (AvgIpc) is 2.28. The van der Waals surface area contributed by atoms with E-state index in [1.807, 2.05) is 6.92 Å². The van der Waals surface area contributed by atoms with E-state index >= 15 is 0 Å². The van der Waals surface area contributed by atoms with Crippen LogP contribution in [0.15, 0.2) is 4.34 Å². The van der Waals surface area contributed by atoms with Crippen molar-refractivity contribution in [2.45, 2.75) is 38.1 Å². The highest BCUT2D eigenvalue weighted by molar-refractivity contribution is 7.99. The van der Waals surface area contributed by atoms with Crippen LogP contribution >= 0.6 is 23.3 Å². The van der Waals surface area contributed by atoms with Crippen LogP contribution in [0.25, 0.3) is 0 Å². The molecular formula is C8H14N2S2. The molecule has 0 aliphatic heterocycles. The number of aromatic nitrogens is 1. The van der Waals surface area contributed by atoms with Gasteiger partial charge in [0.25, 0.3) is 0 Å². The summed E-state index contributed by atoms with van der Waals surface area (Å²) in [5.41, 5.74) is 1.15. The van der Waals surface area contributed by atoms with Crippen molar-refractivity contribution in [3.8, 4) is 0 Å². The molecule has 0 fully saturated rings. The Morgan fingerprint density at radius 1 is 1.42 bits per heavy atom. The van der Waals surface area contributed by atoms with Crippen molar-refractivity contribution >= 4 is 23.3 Å². The van der Waals surface area contributed by atoms with Gasteiger partial charge >= 0.3 is 0 Å². The topological polar surface area (TPSA) is 24.9 Å². The second kappa shape index (κ2) is 4.25. The lowest BCUT2D eigenvalue weighted by Crippen LogP contribution is -2.13. The first kappa shape index (κ1) is 10.0. The van der Waals surface area contributed by atoms with E-state index in [1.165, 1.54) is 4.88 Å². The van der Waals surface area contributed by atoms with E-state index < -0.39 is 0 Å². The quantitative estimate of drug-likeness (QED) is 0.763. The van der Waals surface area contributed by atoms with Crippen LogP contribution < -0.4 is 4.72 Å². The zero-order valence-electron chi connectivity index (χ0n) is 7.84. The van der Waals surface area contributed by atoms with Gasteiger partial charge in [-0.2, -0.15) is 0 Å². The van der Waals surface area contributed by atoms with Crippen molar-refractivity contribution < 1.29 is 0 Å². The molecule has 0 saturated heterocycles. The summed E-state index contributed by atoms with van der Waals surface area (Å²) in [4.78, 5) is 5.71. The van der Waals surface area contributed by atoms with Crippen LogP contribution in [-0.2, 0) is 0 Å². The largest absolute Gasteiger partial charge is 0.255 e. The van der Waals surface area contributed by atoms with E-state index in [9.17, 15) is 0 Å². The molecule has 1 aromatic heterocycles. The minimum absolute atomic E-state index is 0.500. The maximum Gasteiger partial charge on any atom is 0.165 e. The van der Waals surface area contributed by atoms with Gasteiger partial charge in [-0.25, -0.2) is 4.98 Å². The fraction of sp³-hybridized carbons (Fsp3) is 0.625. The zero-order chi connectivity index (χ0) is 9.14. The molecule has 2 nitrogen and oxygen atoms in total. The van der Waals surface area contributed by atoms with Crippen molar-refractivity contribution in [1.29, 1.82) is 0 Å². The molecule has 68 valence electrons. The third kappa shape index (κ3) is 2.77. The Bertz CT molecular complexity index is 236. The molecule has 12 heavy (non-hydrogen) atoms. The Labute approximate surface area is 81.9 Å². The van der Waals surface area contributed by atoms with Crippen molar-refractivity contribution in [1.82, 2.24) is 9.71 Å². The van der Waals surface area contributed by atoms with Gasteiger partial charge in [-0.1, -0.05) is 0 Å². The van der Waals surface area contributed by atoms with Crippen LogP contribution in [-0.4, -0.2) is 11.0 Å². The van der Waals surface area contributed by atoms with Crippen LogP contribution in [0.4, 0.5) is 0 Å². The Morgan fingerprint density at radius 2 is 2.08 bits per heavy atom. The smallest absolute Gasteiger partial charge is 0.165 e. The summed E-state index contributed by atoms with van der Waals surface area (Å²) in [7, 11) is 0. The average molecular weight is 202 g/mol. The second-order valence-electron chi connectivity index (χ2n) is 3.00. The van der Waals surface area contributed by atoms with E-state index in [-0.39, 0.29) is 0 Å². The maximum absolute atomic E-state index is 4.40. The molecule has 1 N–H and O–H groups in total. The monoisotopic (exact) mass is 202 g/mol. The highest BCUT2D eigenvalue weighted by atomic mass is 32.2. The third-order valence-corrected chi connectivity index (χ3v) is 3.61. The summed E-state index contributed by atoms with van der Waals surface area (Å²) >= 11 is 3.37. The molecule has 1 heterocycles. The Morgan fingerprint density at radius 3 is 2.50 bits per heavy atom. The van der Waals surface area contributed by atoms with Gasteiger partial charge in [0.15, 0.2) is 4.34 Å². The molecule has 0 amide bonds. The van der Waals surface area contributed by atoms with Crippen LogP contribution in [0, 0.1) is 13.8 Å². The summed E-state index contributed by atoms with van der Waals surface area (Å²) in [6.45, 7) is 8.40. The Kier molecular flexibility index (Phi) is 3.55. The van der Waals surface area contributed by atoms with Crippen molar-refractivity contribution in [2.75, 3.05) is 0 Å². The molecule has 0 aliphatic rings. The number of nitrogens with one attached hydrogen (secondary N) is 1.